The van der Waals surface area contributed by atoms with Crippen molar-refractivity contribution in [2.45, 2.75) is 52.4 Å². The monoisotopic (exact) mass is 233 g/mol. The van der Waals surface area contributed by atoms with Crippen molar-refractivity contribution in [2.75, 3.05) is 26.3 Å². The maximum Gasteiger partial charge on any atom is 0.158 e. The molecule has 2 N–H and O–H groups in total. The Labute approximate surface area is 99.3 Å². The lowest BCUT2D eigenvalue weighted by Gasteiger charge is -2.17. The van der Waals surface area contributed by atoms with E-state index < -0.39 is 0 Å². The van der Waals surface area contributed by atoms with E-state index in [4.69, 9.17) is 14.6 Å². The summed E-state index contributed by atoms with van der Waals surface area (Å²) in [5, 5.41) is 12.4. The predicted molar refractivity (Wildman–Crippen MR) is 65.4 cm³/mol. The summed E-state index contributed by atoms with van der Waals surface area (Å²) in [6.07, 6.45) is 2.45. The third kappa shape index (κ3) is 10.4. The van der Waals surface area contributed by atoms with Gasteiger partial charge in [0.1, 0.15) is 0 Å². The Hall–Kier alpha value is -0.160. The Balaban J connectivity index is 3.32. The molecule has 4 heteroatoms. The van der Waals surface area contributed by atoms with E-state index in [2.05, 4.69) is 5.32 Å². The minimum Gasteiger partial charge on any atom is -0.393 e. The van der Waals surface area contributed by atoms with Crippen LogP contribution in [0.1, 0.15) is 40.0 Å². The number of aliphatic hydroxyl groups excluding tert-OH is 1. The Morgan fingerprint density at radius 2 is 1.69 bits per heavy atom. The zero-order chi connectivity index (χ0) is 12.2. The number of rotatable bonds is 11. The first-order chi connectivity index (χ1) is 7.70. The summed E-state index contributed by atoms with van der Waals surface area (Å²) in [4.78, 5) is 0. The molecule has 0 spiro atoms. The van der Waals surface area contributed by atoms with Gasteiger partial charge in [0.05, 0.1) is 6.10 Å². The predicted octanol–water partition coefficient (Wildman–Crippen LogP) is 1.53. The van der Waals surface area contributed by atoms with Crippen LogP contribution in [-0.2, 0) is 9.47 Å². The molecule has 0 saturated heterocycles. The molecule has 1 atom stereocenters. The molecule has 0 aromatic carbocycles. The SMILES string of the molecule is CCOC(CCNCCCC(C)O)OCC. The molecule has 1 unspecified atom stereocenters. The van der Waals surface area contributed by atoms with Crippen LogP contribution in [0.25, 0.3) is 0 Å². The van der Waals surface area contributed by atoms with Gasteiger partial charge < -0.3 is 19.9 Å². The van der Waals surface area contributed by atoms with Crippen LogP contribution in [0.2, 0.25) is 0 Å². The average Bonchev–Trinajstić information content (AvgIpc) is 2.23. The minimum absolute atomic E-state index is 0.0840. The normalized spacial score (nSPS) is 13.3. The molecular weight excluding hydrogens is 206 g/mol. The highest BCUT2D eigenvalue weighted by molar-refractivity contribution is 4.54. The first-order valence-corrected chi connectivity index (χ1v) is 6.32. The molecule has 0 amide bonds. The zero-order valence-corrected chi connectivity index (χ0v) is 10.9. The molecule has 0 aromatic heterocycles. The van der Waals surface area contributed by atoms with Gasteiger partial charge in [-0.05, 0) is 46.7 Å². The van der Waals surface area contributed by atoms with Gasteiger partial charge in [0.25, 0.3) is 0 Å². The van der Waals surface area contributed by atoms with Crippen molar-refractivity contribution in [1.29, 1.82) is 0 Å². The average molecular weight is 233 g/mol. The van der Waals surface area contributed by atoms with Crippen molar-refractivity contribution in [3.63, 3.8) is 0 Å². The number of ether oxygens (including phenoxy) is 2. The van der Waals surface area contributed by atoms with Crippen LogP contribution < -0.4 is 5.32 Å². The highest BCUT2D eigenvalue weighted by atomic mass is 16.7. The standard InChI is InChI=1S/C12H27NO3/c1-4-15-12(16-5-2)8-10-13-9-6-7-11(3)14/h11-14H,4-10H2,1-3H3. The van der Waals surface area contributed by atoms with Crippen LogP contribution in [0.3, 0.4) is 0 Å². The van der Waals surface area contributed by atoms with Crippen LogP contribution in [0.5, 0.6) is 0 Å². The second-order valence-corrected chi connectivity index (χ2v) is 3.87. The molecule has 0 aliphatic carbocycles. The lowest BCUT2D eigenvalue weighted by Crippen LogP contribution is -2.25. The second-order valence-electron chi connectivity index (χ2n) is 3.87. The van der Waals surface area contributed by atoms with Crippen molar-refractivity contribution >= 4 is 0 Å². The fraction of sp³-hybridized carbons (Fsp3) is 1.00. The van der Waals surface area contributed by atoms with E-state index in [1.807, 2.05) is 20.8 Å². The molecule has 0 aliphatic rings. The Morgan fingerprint density at radius 3 is 2.19 bits per heavy atom. The smallest absolute Gasteiger partial charge is 0.158 e. The van der Waals surface area contributed by atoms with Crippen molar-refractivity contribution in [2.24, 2.45) is 0 Å². The van der Waals surface area contributed by atoms with E-state index in [-0.39, 0.29) is 12.4 Å². The second kappa shape index (κ2) is 11.3. The Kier molecular flexibility index (Phi) is 11.2. The van der Waals surface area contributed by atoms with Crippen molar-refractivity contribution < 1.29 is 14.6 Å². The summed E-state index contributed by atoms with van der Waals surface area (Å²) in [6, 6.07) is 0. The van der Waals surface area contributed by atoms with Gasteiger partial charge in [0.2, 0.25) is 0 Å². The van der Waals surface area contributed by atoms with Crippen LogP contribution in [0.4, 0.5) is 0 Å². The van der Waals surface area contributed by atoms with Crippen LogP contribution >= 0.6 is 0 Å². The summed E-state index contributed by atoms with van der Waals surface area (Å²) in [5.41, 5.74) is 0. The summed E-state index contributed by atoms with van der Waals surface area (Å²) >= 11 is 0. The van der Waals surface area contributed by atoms with E-state index in [9.17, 15) is 0 Å². The summed E-state index contributed by atoms with van der Waals surface area (Å²) < 4.78 is 10.8. The summed E-state index contributed by atoms with van der Waals surface area (Å²) in [6.45, 7) is 8.98. The van der Waals surface area contributed by atoms with Gasteiger partial charge in [-0.1, -0.05) is 0 Å². The maximum absolute atomic E-state index is 9.07. The van der Waals surface area contributed by atoms with Crippen LogP contribution in [-0.4, -0.2) is 43.8 Å². The zero-order valence-electron chi connectivity index (χ0n) is 10.9. The van der Waals surface area contributed by atoms with Gasteiger partial charge in [-0.15, -0.1) is 0 Å². The fourth-order valence-corrected chi connectivity index (χ4v) is 1.45. The van der Waals surface area contributed by atoms with Crippen molar-refractivity contribution in [1.82, 2.24) is 5.32 Å². The Morgan fingerprint density at radius 1 is 1.06 bits per heavy atom. The molecule has 98 valence electrons. The van der Waals surface area contributed by atoms with E-state index in [0.717, 1.165) is 32.4 Å². The van der Waals surface area contributed by atoms with Gasteiger partial charge in [-0.3, -0.25) is 0 Å². The number of hydrogen-bond donors (Lipinski definition) is 2. The van der Waals surface area contributed by atoms with Crippen molar-refractivity contribution in [3.05, 3.63) is 0 Å². The third-order valence-electron chi connectivity index (χ3n) is 2.24. The number of nitrogens with one attached hydrogen (secondary N) is 1. The number of hydrogen-bond acceptors (Lipinski definition) is 4. The molecule has 0 rings (SSSR count). The largest absolute Gasteiger partial charge is 0.393 e. The molecule has 0 aliphatic heterocycles. The summed E-state index contributed by atoms with van der Waals surface area (Å²) in [7, 11) is 0. The van der Waals surface area contributed by atoms with Gasteiger partial charge in [0, 0.05) is 19.6 Å². The molecule has 0 radical (unpaired) electrons. The summed E-state index contributed by atoms with van der Waals surface area (Å²) in [5.74, 6) is 0. The number of aliphatic hydroxyl groups is 1. The molecule has 0 aromatic rings. The molecule has 0 heterocycles. The molecule has 4 nitrogen and oxygen atoms in total. The van der Waals surface area contributed by atoms with Gasteiger partial charge in [-0.25, -0.2) is 0 Å². The first kappa shape index (κ1) is 15.8. The maximum atomic E-state index is 9.07. The lowest BCUT2D eigenvalue weighted by molar-refractivity contribution is -0.138. The Bertz CT molecular complexity index is 136. The van der Waals surface area contributed by atoms with Gasteiger partial charge in [0.15, 0.2) is 6.29 Å². The molecule has 0 fully saturated rings. The lowest BCUT2D eigenvalue weighted by atomic mass is 10.2. The van der Waals surface area contributed by atoms with E-state index in [1.165, 1.54) is 0 Å². The third-order valence-corrected chi connectivity index (χ3v) is 2.24. The quantitative estimate of drug-likeness (QED) is 0.420. The van der Waals surface area contributed by atoms with Crippen LogP contribution in [0.15, 0.2) is 0 Å². The van der Waals surface area contributed by atoms with Gasteiger partial charge >= 0.3 is 0 Å². The van der Waals surface area contributed by atoms with Crippen LogP contribution in [0, 0.1) is 0 Å². The molecule has 16 heavy (non-hydrogen) atoms. The van der Waals surface area contributed by atoms with Gasteiger partial charge in [-0.2, -0.15) is 0 Å². The molecule has 0 bridgehead atoms. The molecule has 0 saturated carbocycles. The fourth-order valence-electron chi connectivity index (χ4n) is 1.45. The highest BCUT2D eigenvalue weighted by Crippen LogP contribution is 2.00. The first-order valence-electron chi connectivity index (χ1n) is 6.32. The minimum atomic E-state index is -0.193. The van der Waals surface area contributed by atoms with Crippen molar-refractivity contribution in [3.8, 4) is 0 Å². The van der Waals surface area contributed by atoms with E-state index in [1.54, 1.807) is 0 Å². The van der Waals surface area contributed by atoms with E-state index >= 15 is 0 Å². The highest BCUT2D eigenvalue weighted by Gasteiger charge is 2.06. The topological polar surface area (TPSA) is 50.7 Å². The van der Waals surface area contributed by atoms with E-state index in [0.29, 0.717) is 13.2 Å². The molecular formula is C12H27NO3.